The van der Waals surface area contributed by atoms with Crippen molar-refractivity contribution in [2.45, 2.75) is 38.8 Å². The number of nitrogens with two attached hydrogens (primary N) is 1. The number of amides is 1. The summed E-state index contributed by atoms with van der Waals surface area (Å²) in [5.41, 5.74) is 10.6. The molecule has 26 heavy (non-hydrogen) atoms. The van der Waals surface area contributed by atoms with Gasteiger partial charge in [0.05, 0.1) is 6.04 Å². The van der Waals surface area contributed by atoms with E-state index >= 15 is 0 Å². The number of H-pyrrole nitrogens is 1. The van der Waals surface area contributed by atoms with Crippen molar-refractivity contribution in [1.29, 1.82) is 0 Å². The second-order valence-corrected chi connectivity index (χ2v) is 6.78. The molecule has 0 spiro atoms. The molecule has 3 aromatic rings. The van der Waals surface area contributed by atoms with Crippen LogP contribution in [0.2, 0.25) is 0 Å². The van der Waals surface area contributed by atoms with Crippen molar-refractivity contribution in [3.05, 3.63) is 71.4 Å². The van der Waals surface area contributed by atoms with E-state index in [1.807, 2.05) is 30.5 Å². The smallest absolute Gasteiger partial charge is 0.237 e. The molecule has 1 aromatic heterocycles. The van der Waals surface area contributed by atoms with E-state index in [0.29, 0.717) is 18.9 Å². The Morgan fingerprint density at radius 2 is 1.81 bits per heavy atom. The first-order chi connectivity index (χ1) is 12.0. The summed E-state index contributed by atoms with van der Waals surface area (Å²) in [6, 6.07) is 15.8. The Morgan fingerprint density at radius 3 is 2.50 bits per heavy atom. The van der Waals surface area contributed by atoms with Gasteiger partial charge in [-0.25, -0.2) is 0 Å². The van der Waals surface area contributed by atoms with E-state index < -0.39 is 6.04 Å². The molecule has 0 aliphatic heterocycles. The second kappa shape index (κ2) is 8.88. The predicted octanol–water partition coefficient (Wildman–Crippen LogP) is 3.90. The van der Waals surface area contributed by atoms with Crippen molar-refractivity contribution >= 4 is 29.2 Å². The van der Waals surface area contributed by atoms with Gasteiger partial charge in [0.2, 0.25) is 5.91 Å². The van der Waals surface area contributed by atoms with E-state index in [1.54, 1.807) is 0 Å². The van der Waals surface area contributed by atoms with Crippen molar-refractivity contribution in [3.8, 4) is 0 Å². The van der Waals surface area contributed by atoms with Crippen molar-refractivity contribution < 1.29 is 4.79 Å². The zero-order valence-electron chi connectivity index (χ0n) is 15.2. The number of para-hydroxylation sites is 1. The molecule has 0 saturated carbocycles. The summed E-state index contributed by atoms with van der Waals surface area (Å²) in [7, 11) is 0. The molecular weight excluding hydrogens is 346 g/mol. The van der Waals surface area contributed by atoms with Gasteiger partial charge >= 0.3 is 0 Å². The lowest BCUT2D eigenvalue weighted by Gasteiger charge is -2.13. The van der Waals surface area contributed by atoms with Crippen molar-refractivity contribution in [3.63, 3.8) is 0 Å². The molecule has 1 amide bonds. The molecule has 0 fully saturated rings. The minimum Gasteiger partial charge on any atom is -0.361 e. The van der Waals surface area contributed by atoms with Crippen LogP contribution < -0.4 is 11.1 Å². The minimum atomic E-state index is -0.561. The van der Waals surface area contributed by atoms with Gasteiger partial charge in [0.25, 0.3) is 0 Å². The van der Waals surface area contributed by atoms with Crippen LogP contribution in [-0.4, -0.2) is 16.9 Å². The van der Waals surface area contributed by atoms with E-state index in [0.717, 1.165) is 22.0 Å². The standard InChI is InChI=1S/C21H25N3O.ClH/c1-14(2)16-9-7-15(8-10-16)12-24-21(25)19(22)11-17-13-23-20-6-4-3-5-18(17)20;/h3-10,13-14,19,23H,11-12,22H2,1-2H3,(H,24,25);1H/t19-;/m0./s1. The molecule has 0 radical (unpaired) electrons. The van der Waals surface area contributed by atoms with Crippen LogP contribution in [0.5, 0.6) is 0 Å². The lowest BCUT2D eigenvalue weighted by molar-refractivity contribution is -0.122. The lowest BCUT2D eigenvalue weighted by atomic mass is 10.0. The van der Waals surface area contributed by atoms with Crippen LogP contribution >= 0.6 is 12.4 Å². The minimum absolute atomic E-state index is 0. The van der Waals surface area contributed by atoms with Crippen LogP contribution in [0.1, 0.15) is 36.5 Å². The molecule has 138 valence electrons. The number of benzene rings is 2. The van der Waals surface area contributed by atoms with Crippen LogP contribution in [-0.2, 0) is 17.8 Å². The number of halogens is 1. The van der Waals surface area contributed by atoms with Gasteiger partial charge in [0, 0.05) is 23.6 Å². The number of aromatic nitrogens is 1. The van der Waals surface area contributed by atoms with E-state index in [4.69, 9.17) is 5.73 Å². The molecule has 0 unspecified atom stereocenters. The Hall–Kier alpha value is -2.30. The summed E-state index contributed by atoms with van der Waals surface area (Å²) in [4.78, 5) is 15.5. The van der Waals surface area contributed by atoms with Gasteiger partial charge in [-0.05, 0) is 35.1 Å². The molecule has 0 aliphatic rings. The number of rotatable bonds is 6. The number of hydrogen-bond acceptors (Lipinski definition) is 2. The third-order valence-electron chi connectivity index (χ3n) is 4.56. The monoisotopic (exact) mass is 371 g/mol. The van der Waals surface area contributed by atoms with Gasteiger partial charge in [0.1, 0.15) is 0 Å². The molecule has 4 N–H and O–H groups in total. The highest BCUT2D eigenvalue weighted by Crippen LogP contribution is 2.19. The molecule has 0 bridgehead atoms. The fourth-order valence-corrected chi connectivity index (χ4v) is 2.97. The number of hydrogen-bond donors (Lipinski definition) is 3. The van der Waals surface area contributed by atoms with Crippen LogP contribution in [0.4, 0.5) is 0 Å². The van der Waals surface area contributed by atoms with Gasteiger partial charge in [-0.2, -0.15) is 0 Å². The maximum Gasteiger partial charge on any atom is 0.237 e. The third kappa shape index (κ3) is 4.65. The number of nitrogens with one attached hydrogen (secondary N) is 2. The Balaban J connectivity index is 0.00000243. The molecule has 1 heterocycles. The Kier molecular flexibility index (Phi) is 6.83. The first-order valence-electron chi connectivity index (χ1n) is 8.71. The first kappa shape index (κ1) is 20.0. The van der Waals surface area contributed by atoms with Gasteiger partial charge in [-0.15, -0.1) is 12.4 Å². The third-order valence-corrected chi connectivity index (χ3v) is 4.56. The summed E-state index contributed by atoms with van der Waals surface area (Å²) < 4.78 is 0. The van der Waals surface area contributed by atoms with Gasteiger partial charge in [0.15, 0.2) is 0 Å². The molecule has 2 aromatic carbocycles. The SMILES string of the molecule is CC(C)c1ccc(CNC(=O)[C@@H](N)Cc2c[nH]c3ccccc23)cc1.Cl. The quantitative estimate of drug-likeness (QED) is 0.615. The summed E-state index contributed by atoms with van der Waals surface area (Å²) in [6.07, 6.45) is 2.45. The summed E-state index contributed by atoms with van der Waals surface area (Å²) in [6.45, 7) is 4.83. The van der Waals surface area contributed by atoms with E-state index in [9.17, 15) is 4.79 Å². The Bertz CT molecular complexity index is 855. The van der Waals surface area contributed by atoms with Gasteiger partial charge in [-0.1, -0.05) is 56.3 Å². The number of aromatic amines is 1. The highest BCUT2D eigenvalue weighted by molar-refractivity contribution is 5.86. The van der Waals surface area contributed by atoms with Crippen LogP contribution in [0, 0.1) is 0 Å². The first-order valence-corrected chi connectivity index (χ1v) is 8.71. The van der Waals surface area contributed by atoms with Crippen LogP contribution in [0.3, 0.4) is 0 Å². The summed E-state index contributed by atoms with van der Waals surface area (Å²) in [5.74, 6) is 0.381. The predicted molar refractivity (Wildman–Crippen MR) is 110 cm³/mol. The molecule has 5 heteroatoms. The number of fused-ring (bicyclic) bond motifs is 1. The summed E-state index contributed by atoms with van der Waals surface area (Å²) in [5, 5.41) is 4.05. The van der Waals surface area contributed by atoms with Crippen LogP contribution in [0.15, 0.2) is 54.7 Å². The molecule has 3 rings (SSSR count). The number of carbonyl (C=O) groups is 1. The normalized spacial score (nSPS) is 12.0. The topological polar surface area (TPSA) is 70.9 Å². The highest BCUT2D eigenvalue weighted by atomic mass is 35.5. The van der Waals surface area contributed by atoms with E-state index in [2.05, 4.69) is 48.4 Å². The fourth-order valence-electron chi connectivity index (χ4n) is 2.97. The lowest BCUT2D eigenvalue weighted by Crippen LogP contribution is -2.41. The zero-order valence-corrected chi connectivity index (χ0v) is 16.0. The average molecular weight is 372 g/mol. The average Bonchev–Trinajstić information content (AvgIpc) is 3.03. The molecular formula is C21H26ClN3O. The largest absolute Gasteiger partial charge is 0.361 e. The fraction of sp³-hybridized carbons (Fsp3) is 0.286. The van der Waals surface area contributed by atoms with Crippen molar-refractivity contribution in [2.24, 2.45) is 5.73 Å². The molecule has 0 aliphatic carbocycles. The maximum atomic E-state index is 12.3. The number of carbonyl (C=O) groups excluding carboxylic acids is 1. The van der Waals surface area contributed by atoms with Gasteiger partial charge < -0.3 is 16.0 Å². The van der Waals surface area contributed by atoms with Gasteiger partial charge in [-0.3, -0.25) is 4.79 Å². The Labute approximate surface area is 160 Å². The summed E-state index contributed by atoms with van der Waals surface area (Å²) >= 11 is 0. The maximum absolute atomic E-state index is 12.3. The van der Waals surface area contributed by atoms with E-state index in [1.165, 1.54) is 5.56 Å². The molecule has 4 nitrogen and oxygen atoms in total. The highest BCUT2D eigenvalue weighted by Gasteiger charge is 2.16. The molecule has 0 saturated heterocycles. The second-order valence-electron chi connectivity index (χ2n) is 6.78. The zero-order chi connectivity index (χ0) is 17.8. The van der Waals surface area contributed by atoms with Crippen molar-refractivity contribution in [2.75, 3.05) is 0 Å². The van der Waals surface area contributed by atoms with Crippen molar-refractivity contribution in [1.82, 2.24) is 10.3 Å². The Morgan fingerprint density at radius 1 is 1.12 bits per heavy atom. The van der Waals surface area contributed by atoms with Crippen LogP contribution in [0.25, 0.3) is 10.9 Å². The molecule has 1 atom stereocenters. The van der Waals surface area contributed by atoms with E-state index in [-0.39, 0.29) is 18.3 Å².